The maximum atomic E-state index is 14.0. The quantitative estimate of drug-likeness (QED) is 0.157. The standard InChI is InChI=1S/C43H42N8O3/c1-49(2)39(28-13-7-4-8-14-28)43(53)51-22-10-16-36(51)41-46-31-19-17-29(24-33(31)47-41)37-26-44-42(54-37)30-18-20-32-34(25-30)48-40(45-32)35-15-9-21-50(35)38(52)23-27-11-5-3-6-12-27/h3-8,11-14,17-20,24-26,35-36,39H,9-10,15-16,21-23H2,1-2H3,(H,45,48)(H,46,47)/t35-,36-,39+/m0/s1. The van der Waals surface area contributed by atoms with Gasteiger partial charge in [0, 0.05) is 24.2 Å². The molecule has 2 N–H and O–H groups in total. The molecule has 272 valence electrons. The Morgan fingerprint density at radius 1 is 0.778 bits per heavy atom. The van der Waals surface area contributed by atoms with Crippen LogP contribution in [0.1, 0.15) is 66.6 Å². The molecule has 2 saturated heterocycles. The number of rotatable bonds is 9. The van der Waals surface area contributed by atoms with Gasteiger partial charge in [0.1, 0.15) is 17.7 Å². The van der Waals surface area contributed by atoms with Crippen LogP contribution in [0.3, 0.4) is 0 Å². The average Bonchev–Trinajstić information content (AvgIpc) is 4.03. The molecule has 5 heterocycles. The van der Waals surface area contributed by atoms with Gasteiger partial charge in [0.15, 0.2) is 5.76 Å². The van der Waals surface area contributed by atoms with Crippen molar-refractivity contribution in [3.63, 3.8) is 0 Å². The number of amides is 2. The molecule has 11 heteroatoms. The van der Waals surface area contributed by atoms with E-state index in [1.54, 1.807) is 6.20 Å². The zero-order valence-electron chi connectivity index (χ0n) is 30.4. The summed E-state index contributed by atoms with van der Waals surface area (Å²) < 4.78 is 6.32. The molecule has 2 aliphatic rings. The summed E-state index contributed by atoms with van der Waals surface area (Å²) >= 11 is 0. The highest BCUT2D eigenvalue weighted by Gasteiger charge is 2.37. The first-order valence-corrected chi connectivity index (χ1v) is 18.7. The lowest BCUT2D eigenvalue weighted by atomic mass is 10.0. The van der Waals surface area contributed by atoms with E-state index in [0.717, 1.165) is 88.2 Å². The number of carbonyl (C=O) groups is 2. The predicted octanol–water partition coefficient (Wildman–Crippen LogP) is 7.63. The Kier molecular flexibility index (Phi) is 8.78. The number of fused-ring (bicyclic) bond motifs is 2. The van der Waals surface area contributed by atoms with Crippen LogP contribution in [0.15, 0.2) is 108 Å². The van der Waals surface area contributed by atoms with Crippen molar-refractivity contribution in [1.82, 2.24) is 39.6 Å². The molecule has 0 aliphatic carbocycles. The van der Waals surface area contributed by atoms with E-state index in [0.29, 0.717) is 24.6 Å². The summed E-state index contributed by atoms with van der Waals surface area (Å²) in [5, 5.41) is 0. The number of aromatic amines is 2. The maximum absolute atomic E-state index is 14.0. The number of oxazole rings is 1. The highest BCUT2D eigenvalue weighted by Crippen LogP contribution is 2.37. The second-order valence-electron chi connectivity index (χ2n) is 14.6. The van der Waals surface area contributed by atoms with Crippen LogP contribution in [0.5, 0.6) is 0 Å². The Morgan fingerprint density at radius 2 is 1.37 bits per heavy atom. The number of likely N-dealkylation sites (N-methyl/N-ethyl adjacent to an activating group) is 1. The van der Waals surface area contributed by atoms with Crippen LogP contribution < -0.4 is 0 Å². The second kappa shape index (κ2) is 14.1. The highest BCUT2D eigenvalue weighted by atomic mass is 16.4. The van der Waals surface area contributed by atoms with Crippen LogP contribution >= 0.6 is 0 Å². The van der Waals surface area contributed by atoms with Crippen molar-refractivity contribution in [1.29, 1.82) is 0 Å². The van der Waals surface area contributed by atoms with E-state index in [-0.39, 0.29) is 29.9 Å². The summed E-state index contributed by atoms with van der Waals surface area (Å²) in [6.45, 7) is 1.43. The minimum Gasteiger partial charge on any atom is -0.436 e. The summed E-state index contributed by atoms with van der Waals surface area (Å²) in [5.41, 5.74) is 7.12. The number of imidazole rings is 2. The molecule has 2 fully saturated rings. The van der Waals surface area contributed by atoms with Crippen molar-refractivity contribution in [2.45, 2.75) is 50.2 Å². The van der Waals surface area contributed by atoms with E-state index in [1.165, 1.54) is 0 Å². The number of nitrogens with one attached hydrogen (secondary N) is 2. The molecule has 7 aromatic rings. The number of aromatic nitrogens is 5. The molecular formula is C43H42N8O3. The number of hydrogen-bond acceptors (Lipinski definition) is 7. The lowest BCUT2D eigenvalue weighted by Gasteiger charge is -2.31. The van der Waals surface area contributed by atoms with E-state index in [4.69, 9.17) is 14.4 Å². The molecule has 11 nitrogen and oxygen atoms in total. The molecule has 0 bridgehead atoms. The Hall–Kier alpha value is -6.07. The van der Waals surface area contributed by atoms with Crippen molar-refractivity contribution in [2.75, 3.05) is 27.2 Å². The first kappa shape index (κ1) is 33.7. The average molecular weight is 719 g/mol. The van der Waals surface area contributed by atoms with Gasteiger partial charge in [-0.1, -0.05) is 60.7 Å². The fraction of sp³-hybridized carbons (Fsp3) is 0.279. The molecule has 2 amide bonds. The van der Waals surface area contributed by atoms with Crippen LogP contribution in [0.2, 0.25) is 0 Å². The Morgan fingerprint density at radius 3 is 2.04 bits per heavy atom. The van der Waals surface area contributed by atoms with Gasteiger partial charge in [0.05, 0.1) is 46.8 Å². The number of hydrogen-bond donors (Lipinski definition) is 2. The van der Waals surface area contributed by atoms with E-state index in [1.807, 2.05) is 126 Å². The highest BCUT2D eigenvalue weighted by molar-refractivity contribution is 5.85. The van der Waals surface area contributed by atoms with E-state index < -0.39 is 0 Å². The minimum atomic E-state index is -0.363. The lowest BCUT2D eigenvalue weighted by molar-refractivity contribution is -0.137. The topological polar surface area (TPSA) is 127 Å². The molecule has 3 atom stereocenters. The number of likely N-dealkylation sites (tertiary alicyclic amines) is 2. The van der Waals surface area contributed by atoms with Gasteiger partial charge in [-0.3, -0.25) is 14.5 Å². The maximum Gasteiger partial charge on any atom is 0.245 e. The second-order valence-corrected chi connectivity index (χ2v) is 14.6. The van der Waals surface area contributed by atoms with Gasteiger partial charge in [0.25, 0.3) is 0 Å². The fourth-order valence-electron chi connectivity index (χ4n) is 8.19. The van der Waals surface area contributed by atoms with Crippen molar-refractivity contribution < 1.29 is 14.0 Å². The molecule has 0 saturated carbocycles. The Labute approximate surface area is 313 Å². The van der Waals surface area contributed by atoms with Crippen molar-refractivity contribution in [3.8, 4) is 22.8 Å². The molecule has 9 rings (SSSR count). The van der Waals surface area contributed by atoms with Crippen molar-refractivity contribution in [3.05, 3.63) is 126 Å². The van der Waals surface area contributed by atoms with E-state index in [9.17, 15) is 9.59 Å². The summed E-state index contributed by atoms with van der Waals surface area (Å²) in [7, 11) is 3.90. The van der Waals surface area contributed by atoms with Gasteiger partial charge in [-0.15, -0.1) is 0 Å². The number of benzene rings is 4. The smallest absolute Gasteiger partial charge is 0.245 e. The van der Waals surface area contributed by atoms with Crippen molar-refractivity contribution >= 4 is 33.9 Å². The first-order valence-electron chi connectivity index (χ1n) is 18.7. The van der Waals surface area contributed by atoms with Crippen LogP contribution in [0, 0.1) is 0 Å². The van der Waals surface area contributed by atoms with Crippen molar-refractivity contribution in [2.24, 2.45) is 0 Å². The zero-order chi connectivity index (χ0) is 36.8. The van der Waals surface area contributed by atoms with Crippen LogP contribution in [0.4, 0.5) is 0 Å². The molecule has 4 aromatic carbocycles. The molecule has 54 heavy (non-hydrogen) atoms. The third-order valence-corrected chi connectivity index (χ3v) is 10.8. The zero-order valence-corrected chi connectivity index (χ0v) is 30.4. The largest absolute Gasteiger partial charge is 0.436 e. The molecule has 2 aliphatic heterocycles. The Balaban J connectivity index is 0.924. The Bertz CT molecular complexity index is 2450. The number of nitrogens with zero attached hydrogens (tertiary/aromatic N) is 6. The molecule has 0 radical (unpaired) electrons. The van der Waals surface area contributed by atoms with Gasteiger partial charge in [-0.25, -0.2) is 15.0 Å². The summed E-state index contributed by atoms with van der Waals surface area (Å²) in [4.78, 5) is 54.7. The van der Waals surface area contributed by atoms with Crippen LogP contribution in [-0.4, -0.2) is 78.6 Å². The van der Waals surface area contributed by atoms with Crippen LogP contribution in [-0.2, 0) is 16.0 Å². The minimum absolute atomic E-state index is 0.0789. The van der Waals surface area contributed by atoms with Gasteiger partial charge < -0.3 is 24.2 Å². The fourth-order valence-corrected chi connectivity index (χ4v) is 8.19. The first-order chi connectivity index (χ1) is 26.4. The lowest BCUT2D eigenvalue weighted by Crippen LogP contribution is -2.40. The van der Waals surface area contributed by atoms with E-state index in [2.05, 4.69) is 15.0 Å². The SMILES string of the molecule is CN(C)[C@@H](C(=O)N1CCC[C@H]1c1nc2ccc(-c3cnc(-c4ccc5nc([C@@H]6CCCN6C(=O)Cc6ccccc6)[nH]c5c4)o3)cc2[nH]1)c1ccccc1. The molecular weight excluding hydrogens is 677 g/mol. The van der Waals surface area contributed by atoms with Gasteiger partial charge in [-0.05, 0) is 87.3 Å². The molecule has 3 aromatic heterocycles. The van der Waals surface area contributed by atoms with Gasteiger partial charge in [0.2, 0.25) is 17.7 Å². The third kappa shape index (κ3) is 6.34. The number of H-pyrrole nitrogens is 2. The van der Waals surface area contributed by atoms with Gasteiger partial charge in [-0.2, -0.15) is 0 Å². The van der Waals surface area contributed by atoms with E-state index >= 15 is 0 Å². The monoisotopic (exact) mass is 718 g/mol. The summed E-state index contributed by atoms with van der Waals surface area (Å²) in [6.07, 6.45) is 5.73. The van der Waals surface area contributed by atoms with Gasteiger partial charge >= 0.3 is 0 Å². The predicted molar refractivity (Wildman–Crippen MR) is 207 cm³/mol. The number of carbonyl (C=O) groups excluding carboxylic acids is 2. The summed E-state index contributed by atoms with van der Waals surface area (Å²) in [6, 6.07) is 31.2. The normalized spacial score (nSPS) is 18.0. The molecule has 0 spiro atoms. The molecule has 0 unspecified atom stereocenters. The van der Waals surface area contributed by atoms with Crippen LogP contribution in [0.25, 0.3) is 44.8 Å². The third-order valence-electron chi connectivity index (χ3n) is 10.8. The summed E-state index contributed by atoms with van der Waals surface area (Å²) in [5.74, 6) is 2.95.